The number of fused-ring (bicyclic) bond motifs is 2. The summed E-state index contributed by atoms with van der Waals surface area (Å²) in [6, 6.07) is 0. The van der Waals surface area contributed by atoms with Crippen LogP contribution in [-0.2, 0) is 8.23 Å². The summed E-state index contributed by atoms with van der Waals surface area (Å²) in [5.74, 6) is 1.64. The van der Waals surface area contributed by atoms with Crippen molar-refractivity contribution in [3.05, 3.63) is 12.2 Å². The third kappa shape index (κ3) is 3.91. The summed E-state index contributed by atoms with van der Waals surface area (Å²) >= 11 is 0. The van der Waals surface area contributed by atoms with Crippen LogP contribution in [0.25, 0.3) is 0 Å². The number of hydrogen-bond donors (Lipinski definition) is 0. The molecule has 2 bridgehead atoms. The molecule has 5 heteroatoms. The van der Waals surface area contributed by atoms with Gasteiger partial charge in [0.25, 0.3) is 0 Å². The predicted molar refractivity (Wildman–Crippen MR) is 89.6 cm³/mol. The Balaban J connectivity index is 2.02. The highest BCUT2D eigenvalue weighted by atomic mass is 28.5. The fourth-order valence-electron chi connectivity index (χ4n) is 4.05. The molecule has 0 spiro atoms. The molecular weight excluding hydrogens is 284 g/mol. The molecule has 2 aliphatic rings. The monoisotopic (exact) mass is 314 g/mol. The molecule has 2 nitrogen and oxygen atoms in total. The van der Waals surface area contributed by atoms with Crippen LogP contribution in [0.15, 0.2) is 12.2 Å². The van der Waals surface area contributed by atoms with Gasteiger partial charge < -0.3 is 8.23 Å². The van der Waals surface area contributed by atoms with E-state index in [1.165, 1.54) is 12.8 Å². The zero-order valence-corrected chi connectivity index (χ0v) is 16.6. The van der Waals surface area contributed by atoms with Crippen molar-refractivity contribution in [3.8, 4) is 0 Å². The average molecular weight is 315 g/mol. The molecule has 2 rings (SSSR count). The maximum absolute atomic E-state index is 6.69. The summed E-state index contributed by atoms with van der Waals surface area (Å²) in [5.41, 5.74) is 0.805. The second-order valence-corrected chi connectivity index (χ2v) is 20.8. The Bertz CT molecular complexity index is 371. The maximum Gasteiger partial charge on any atom is 0.311 e. The van der Waals surface area contributed by atoms with Crippen LogP contribution >= 0.6 is 0 Å². The van der Waals surface area contributed by atoms with E-state index in [4.69, 9.17) is 8.23 Å². The Hall–Kier alpha value is 0.311. The Morgan fingerprint density at radius 3 is 1.89 bits per heavy atom. The van der Waals surface area contributed by atoms with Gasteiger partial charge in [-0.3, -0.25) is 0 Å². The predicted octanol–water partition coefficient (Wildman–Crippen LogP) is 4.73. The van der Waals surface area contributed by atoms with E-state index in [0.29, 0.717) is 0 Å². The van der Waals surface area contributed by atoms with Crippen LogP contribution in [0.2, 0.25) is 51.4 Å². The zero-order valence-electron chi connectivity index (χ0n) is 13.6. The first-order chi connectivity index (χ1) is 8.49. The van der Waals surface area contributed by atoms with Crippen LogP contribution in [0, 0.1) is 11.8 Å². The molecule has 1 fully saturated rings. The van der Waals surface area contributed by atoms with Gasteiger partial charge in [0, 0.05) is 0 Å². The first-order valence-corrected chi connectivity index (χ1v) is 16.8. The first-order valence-electron chi connectivity index (χ1n) is 7.57. The van der Waals surface area contributed by atoms with Crippen LogP contribution in [0.1, 0.15) is 12.8 Å². The van der Waals surface area contributed by atoms with Crippen molar-refractivity contribution in [3.63, 3.8) is 0 Å². The third-order valence-electron chi connectivity index (χ3n) is 4.23. The molecule has 19 heavy (non-hydrogen) atoms. The zero-order chi connectivity index (χ0) is 14.5. The number of rotatable bonds is 5. The lowest BCUT2D eigenvalue weighted by atomic mass is 10.1. The second kappa shape index (κ2) is 4.94. The highest BCUT2D eigenvalue weighted by Crippen LogP contribution is 2.52. The SMILES string of the molecule is C[Si](C)(C)O[Si](C)(C)O[Si](C)(C)C1CC2C=CC1C2. The number of hydrogen-bond acceptors (Lipinski definition) is 2. The third-order valence-corrected chi connectivity index (χ3v) is 15.2. The normalized spacial score (nSPS) is 31.2. The van der Waals surface area contributed by atoms with E-state index in [2.05, 4.69) is 58.0 Å². The van der Waals surface area contributed by atoms with E-state index in [9.17, 15) is 0 Å². The van der Waals surface area contributed by atoms with Crippen LogP contribution in [0.3, 0.4) is 0 Å². The van der Waals surface area contributed by atoms with Crippen molar-refractivity contribution in [2.24, 2.45) is 11.8 Å². The molecule has 0 radical (unpaired) electrons. The van der Waals surface area contributed by atoms with Gasteiger partial charge in [0.2, 0.25) is 0 Å². The van der Waals surface area contributed by atoms with Gasteiger partial charge in [0.1, 0.15) is 0 Å². The molecule has 0 heterocycles. The summed E-state index contributed by atoms with van der Waals surface area (Å²) < 4.78 is 13.1. The van der Waals surface area contributed by atoms with E-state index in [1.807, 2.05) is 0 Å². The average Bonchev–Trinajstić information content (AvgIpc) is 2.71. The molecule has 1 saturated carbocycles. The van der Waals surface area contributed by atoms with Crippen LogP contribution in [0.5, 0.6) is 0 Å². The molecule has 3 atom stereocenters. The van der Waals surface area contributed by atoms with Gasteiger partial charge in [-0.2, -0.15) is 0 Å². The molecule has 0 N–H and O–H groups in total. The molecule has 0 aromatic rings. The number of allylic oxidation sites excluding steroid dienone is 2. The molecule has 0 aromatic heterocycles. The maximum atomic E-state index is 6.69. The largest absolute Gasteiger partial charge is 0.437 e. The van der Waals surface area contributed by atoms with Crippen molar-refractivity contribution in [2.45, 2.75) is 64.2 Å². The van der Waals surface area contributed by atoms with E-state index in [1.54, 1.807) is 0 Å². The highest BCUT2D eigenvalue weighted by molar-refractivity contribution is 6.88. The fraction of sp³-hybridized carbons (Fsp3) is 0.857. The summed E-state index contributed by atoms with van der Waals surface area (Å²) in [6.07, 6.45) is 7.61. The van der Waals surface area contributed by atoms with Gasteiger partial charge in [-0.25, -0.2) is 0 Å². The van der Waals surface area contributed by atoms with Gasteiger partial charge >= 0.3 is 8.56 Å². The van der Waals surface area contributed by atoms with E-state index < -0.39 is 25.2 Å². The Labute approximate surface area is 122 Å². The Morgan fingerprint density at radius 2 is 1.47 bits per heavy atom. The van der Waals surface area contributed by atoms with Gasteiger partial charge in [-0.15, -0.1) is 0 Å². The van der Waals surface area contributed by atoms with Crippen LogP contribution < -0.4 is 0 Å². The van der Waals surface area contributed by atoms with E-state index in [-0.39, 0.29) is 0 Å². The summed E-state index contributed by atoms with van der Waals surface area (Å²) in [7, 11) is -5.12. The lowest BCUT2D eigenvalue weighted by Crippen LogP contribution is -2.53. The summed E-state index contributed by atoms with van der Waals surface area (Å²) in [5, 5.41) is 0. The minimum Gasteiger partial charge on any atom is -0.437 e. The van der Waals surface area contributed by atoms with Crippen molar-refractivity contribution >= 4 is 25.2 Å². The second-order valence-electron chi connectivity index (χ2n) is 8.21. The van der Waals surface area contributed by atoms with Crippen molar-refractivity contribution < 1.29 is 8.23 Å². The summed E-state index contributed by atoms with van der Waals surface area (Å²) in [4.78, 5) is 0. The minimum atomic E-state index is -1.97. The molecule has 2 aliphatic carbocycles. The van der Waals surface area contributed by atoms with E-state index in [0.717, 1.165) is 17.4 Å². The molecule has 0 saturated heterocycles. The summed E-state index contributed by atoms with van der Waals surface area (Å²) in [6.45, 7) is 16.1. The van der Waals surface area contributed by atoms with Crippen LogP contribution in [-0.4, -0.2) is 25.2 Å². The molecule has 0 amide bonds. The van der Waals surface area contributed by atoms with Gasteiger partial charge in [-0.1, -0.05) is 12.2 Å². The van der Waals surface area contributed by atoms with Crippen LogP contribution in [0.4, 0.5) is 0 Å². The Kier molecular flexibility index (Phi) is 4.08. The molecule has 110 valence electrons. The quantitative estimate of drug-likeness (QED) is 0.539. The molecule has 3 unspecified atom stereocenters. The smallest absolute Gasteiger partial charge is 0.311 e. The standard InChI is InChI=1S/C14H30O2Si3/c1-17(2,3)15-19(6,7)16-18(4,5)14-11-12-8-9-13(14)10-12/h8-9,12-14H,10-11H2,1-7H3. The molecule has 0 aliphatic heterocycles. The molecular formula is C14H30O2Si3. The van der Waals surface area contributed by atoms with Gasteiger partial charge in [-0.05, 0) is 76.0 Å². The van der Waals surface area contributed by atoms with Gasteiger partial charge in [0.05, 0.1) is 0 Å². The van der Waals surface area contributed by atoms with E-state index >= 15 is 0 Å². The topological polar surface area (TPSA) is 18.5 Å². The van der Waals surface area contributed by atoms with Crippen molar-refractivity contribution in [2.75, 3.05) is 0 Å². The molecule has 0 aromatic carbocycles. The lowest BCUT2D eigenvalue weighted by molar-refractivity contribution is 0.379. The minimum absolute atomic E-state index is 0.795. The van der Waals surface area contributed by atoms with Gasteiger partial charge in [0.15, 0.2) is 16.6 Å². The van der Waals surface area contributed by atoms with Crippen molar-refractivity contribution in [1.82, 2.24) is 0 Å². The first kappa shape index (κ1) is 15.7. The lowest BCUT2D eigenvalue weighted by Gasteiger charge is -2.41. The Morgan fingerprint density at radius 1 is 0.842 bits per heavy atom. The van der Waals surface area contributed by atoms with Crippen molar-refractivity contribution in [1.29, 1.82) is 0 Å². The highest BCUT2D eigenvalue weighted by Gasteiger charge is 2.49. The fourth-order valence-corrected chi connectivity index (χ4v) is 18.3.